The van der Waals surface area contributed by atoms with Gasteiger partial charge in [-0.3, -0.25) is 0 Å². The first-order valence-corrected chi connectivity index (χ1v) is 7.70. The highest BCUT2D eigenvalue weighted by Crippen LogP contribution is 2.44. The van der Waals surface area contributed by atoms with Crippen molar-refractivity contribution in [2.45, 2.75) is 25.3 Å². The first kappa shape index (κ1) is 15.0. The molecule has 2 fully saturated rings. The van der Waals surface area contributed by atoms with Crippen molar-refractivity contribution in [2.24, 2.45) is 11.1 Å². The molecular weight excluding hydrogens is 282 g/mol. The normalized spacial score (nSPS) is 24.0. The number of aromatic nitrogens is 2. The molecule has 1 spiro atoms. The third-order valence-electron chi connectivity index (χ3n) is 4.92. The van der Waals surface area contributed by atoms with Gasteiger partial charge in [0, 0.05) is 39.1 Å². The minimum absolute atomic E-state index is 0.203. The molecule has 0 bridgehead atoms. The molecule has 120 valence electrons. The molecule has 0 saturated carbocycles. The Labute approximate surface area is 130 Å². The second-order valence-electron chi connectivity index (χ2n) is 6.32. The van der Waals surface area contributed by atoms with E-state index < -0.39 is 0 Å². The standard InChI is InChI=1S/C15H23N5O2/c1-22-10-12-9-15(3-7-19(8-4-15)13(16)21)11-20(12)14-17-5-2-6-18-14/h2,5-6,12H,3-4,7-11H2,1H3,(H2,16,21)/t12-/m0/s1. The van der Waals surface area contributed by atoms with Crippen LogP contribution in [-0.4, -0.2) is 60.3 Å². The van der Waals surface area contributed by atoms with Gasteiger partial charge in [-0.15, -0.1) is 0 Å². The first-order valence-electron chi connectivity index (χ1n) is 7.70. The quantitative estimate of drug-likeness (QED) is 0.895. The molecule has 3 heterocycles. The summed E-state index contributed by atoms with van der Waals surface area (Å²) in [6.07, 6.45) is 6.53. The summed E-state index contributed by atoms with van der Waals surface area (Å²) in [5.41, 5.74) is 5.59. The van der Waals surface area contributed by atoms with E-state index in [9.17, 15) is 4.79 Å². The second kappa shape index (κ2) is 6.08. The molecule has 7 heteroatoms. The van der Waals surface area contributed by atoms with Gasteiger partial charge in [0.25, 0.3) is 0 Å². The van der Waals surface area contributed by atoms with Crippen molar-refractivity contribution in [3.63, 3.8) is 0 Å². The van der Waals surface area contributed by atoms with E-state index in [0.29, 0.717) is 6.61 Å². The average molecular weight is 305 g/mol. The van der Waals surface area contributed by atoms with Gasteiger partial charge in [0.2, 0.25) is 5.95 Å². The lowest BCUT2D eigenvalue weighted by Crippen LogP contribution is -2.46. The number of methoxy groups -OCH3 is 1. The summed E-state index contributed by atoms with van der Waals surface area (Å²) in [7, 11) is 1.73. The number of amides is 2. The van der Waals surface area contributed by atoms with E-state index >= 15 is 0 Å². The maximum atomic E-state index is 11.3. The predicted octanol–water partition coefficient (Wildman–Crippen LogP) is 0.863. The molecule has 7 nitrogen and oxygen atoms in total. The fourth-order valence-corrected chi connectivity index (χ4v) is 3.74. The van der Waals surface area contributed by atoms with Crippen LogP contribution in [0.3, 0.4) is 0 Å². The van der Waals surface area contributed by atoms with Crippen molar-refractivity contribution < 1.29 is 9.53 Å². The molecule has 3 rings (SSSR count). The van der Waals surface area contributed by atoms with Crippen LogP contribution in [0.1, 0.15) is 19.3 Å². The van der Waals surface area contributed by atoms with Crippen LogP contribution < -0.4 is 10.6 Å². The van der Waals surface area contributed by atoms with E-state index in [-0.39, 0.29) is 17.5 Å². The number of nitrogens with two attached hydrogens (primary N) is 1. The number of anilines is 1. The van der Waals surface area contributed by atoms with Gasteiger partial charge in [-0.2, -0.15) is 0 Å². The smallest absolute Gasteiger partial charge is 0.314 e. The molecule has 0 unspecified atom stereocenters. The monoisotopic (exact) mass is 305 g/mol. The maximum Gasteiger partial charge on any atom is 0.314 e. The number of urea groups is 1. The molecule has 1 atom stereocenters. The van der Waals surface area contributed by atoms with Gasteiger partial charge in [0.1, 0.15) is 0 Å². The Hall–Kier alpha value is -1.89. The van der Waals surface area contributed by atoms with Gasteiger partial charge in [-0.25, -0.2) is 14.8 Å². The van der Waals surface area contributed by atoms with E-state index in [1.165, 1.54) is 0 Å². The van der Waals surface area contributed by atoms with Crippen LogP contribution in [-0.2, 0) is 4.74 Å². The minimum atomic E-state index is -0.315. The lowest BCUT2D eigenvalue weighted by Gasteiger charge is -2.38. The Morgan fingerprint density at radius 3 is 2.68 bits per heavy atom. The summed E-state index contributed by atoms with van der Waals surface area (Å²) < 4.78 is 5.39. The lowest BCUT2D eigenvalue weighted by molar-refractivity contribution is 0.124. The summed E-state index contributed by atoms with van der Waals surface area (Å²) in [5, 5.41) is 0. The maximum absolute atomic E-state index is 11.3. The summed E-state index contributed by atoms with van der Waals surface area (Å²) in [6, 6.07) is 1.79. The Balaban J connectivity index is 1.75. The highest BCUT2D eigenvalue weighted by atomic mass is 16.5. The van der Waals surface area contributed by atoms with Crippen LogP contribution in [0, 0.1) is 5.41 Å². The summed E-state index contributed by atoms with van der Waals surface area (Å²) >= 11 is 0. The number of piperidine rings is 1. The topological polar surface area (TPSA) is 84.6 Å². The number of hydrogen-bond acceptors (Lipinski definition) is 5. The number of hydrogen-bond donors (Lipinski definition) is 1. The van der Waals surface area contributed by atoms with Crippen LogP contribution in [0.4, 0.5) is 10.7 Å². The lowest BCUT2D eigenvalue weighted by atomic mass is 9.77. The number of nitrogens with zero attached hydrogens (tertiary/aromatic N) is 4. The van der Waals surface area contributed by atoms with Gasteiger partial charge in [0.15, 0.2) is 0 Å². The Morgan fingerprint density at radius 2 is 2.09 bits per heavy atom. The highest BCUT2D eigenvalue weighted by molar-refractivity contribution is 5.72. The van der Waals surface area contributed by atoms with Gasteiger partial charge in [-0.1, -0.05) is 0 Å². The molecule has 1 aromatic rings. The molecular formula is C15H23N5O2. The minimum Gasteiger partial charge on any atom is -0.383 e. The Kier molecular flexibility index (Phi) is 4.15. The molecule has 2 aliphatic rings. The van der Waals surface area contributed by atoms with Gasteiger partial charge < -0.3 is 20.3 Å². The molecule has 2 saturated heterocycles. The van der Waals surface area contributed by atoms with Crippen molar-refractivity contribution in [1.82, 2.24) is 14.9 Å². The third-order valence-corrected chi connectivity index (χ3v) is 4.92. The Bertz CT molecular complexity index is 516. The zero-order chi connectivity index (χ0) is 15.6. The van der Waals surface area contributed by atoms with Crippen LogP contribution in [0.15, 0.2) is 18.5 Å². The fraction of sp³-hybridized carbons (Fsp3) is 0.667. The molecule has 1 aromatic heterocycles. The van der Waals surface area contributed by atoms with E-state index in [1.807, 2.05) is 6.07 Å². The van der Waals surface area contributed by atoms with Crippen molar-refractivity contribution in [1.29, 1.82) is 0 Å². The molecule has 0 radical (unpaired) electrons. The first-order chi connectivity index (χ1) is 10.6. The van der Waals surface area contributed by atoms with Gasteiger partial charge in [-0.05, 0) is 30.7 Å². The molecule has 22 heavy (non-hydrogen) atoms. The highest BCUT2D eigenvalue weighted by Gasteiger charge is 2.46. The van der Waals surface area contributed by atoms with E-state index in [2.05, 4.69) is 14.9 Å². The van der Waals surface area contributed by atoms with Crippen molar-refractivity contribution in [3.8, 4) is 0 Å². The average Bonchev–Trinajstić information content (AvgIpc) is 2.87. The third kappa shape index (κ3) is 2.85. The number of carbonyl (C=O) groups excluding carboxylic acids is 1. The number of likely N-dealkylation sites (tertiary alicyclic amines) is 1. The zero-order valence-electron chi connectivity index (χ0n) is 12.9. The Morgan fingerprint density at radius 1 is 1.41 bits per heavy atom. The van der Waals surface area contributed by atoms with Crippen LogP contribution in [0.5, 0.6) is 0 Å². The van der Waals surface area contributed by atoms with Crippen molar-refractivity contribution in [2.75, 3.05) is 38.3 Å². The number of rotatable bonds is 3. The molecule has 2 amide bonds. The SMILES string of the molecule is COC[C@@H]1CC2(CCN(C(N)=O)CC2)CN1c1ncccn1. The van der Waals surface area contributed by atoms with E-state index in [4.69, 9.17) is 10.5 Å². The van der Waals surface area contributed by atoms with Crippen molar-refractivity contribution in [3.05, 3.63) is 18.5 Å². The van der Waals surface area contributed by atoms with Crippen LogP contribution >= 0.6 is 0 Å². The predicted molar refractivity (Wildman–Crippen MR) is 82.5 cm³/mol. The van der Waals surface area contributed by atoms with Crippen molar-refractivity contribution >= 4 is 12.0 Å². The van der Waals surface area contributed by atoms with Crippen LogP contribution in [0.2, 0.25) is 0 Å². The summed E-state index contributed by atoms with van der Waals surface area (Å²) in [4.78, 5) is 24.1. The van der Waals surface area contributed by atoms with Gasteiger partial charge >= 0.3 is 6.03 Å². The fourth-order valence-electron chi connectivity index (χ4n) is 3.74. The number of primary amides is 1. The summed E-state index contributed by atoms with van der Waals surface area (Å²) in [6.45, 7) is 3.05. The molecule has 2 N–H and O–H groups in total. The molecule has 0 aliphatic carbocycles. The second-order valence-corrected chi connectivity index (χ2v) is 6.32. The van der Waals surface area contributed by atoms with Crippen LogP contribution in [0.25, 0.3) is 0 Å². The summed E-state index contributed by atoms with van der Waals surface area (Å²) in [5.74, 6) is 0.763. The number of ether oxygens (including phenoxy) is 1. The number of carbonyl (C=O) groups is 1. The molecule has 2 aliphatic heterocycles. The molecule has 0 aromatic carbocycles. The van der Waals surface area contributed by atoms with Gasteiger partial charge in [0.05, 0.1) is 12.6 Å². The largest absolute Gasteiger partial charge is 0.383 e. The zero-order valence-corrected chi connectivity index (χ0v) is 12.9. The van der Waals surface area contributed by atoms with E-state index in [1.54, 1.807) is 24.4 Å². The van der Waals surface area contributed by atoms with E-state index in [0.717, 1.165) is 44.8 Å².